The summed E-state index contributed by atoms with van der Waals surface area (Å²) in [5.74, 6) is 4.37. The first-order valence-corrected chi connectivity index (χ1v) is 29.8. The Kier molecular flexibility index (Phi) is 33.0. The molecular formula is C77H124F2O. The van der Waals surface area contributed by atoms with Crippen LogP contribution in [0.4, 0.5) is 8.78 Å². The van der Waals surface area contributed by atoms with Gasteiger partial charge >= 0.3 is 6.61 Å². The highest BCUT2D eigenvalue weighted by molar-refractivity contribution is 5.40. The molecule has 452 valence electrons. The van der Waals surface area contributed by atoms with Crippen molar-refractivity contribution < 1.29 is 23.5 Å². The van der Waals surface area contributed by atoms with E-state index < -0.39 is 6.61 Å². The van der Waals surface area contributed by atoms with Crippen LogP contribution < -0.4 is 4.74 Å². The lowest BCUT2D eigenvalue weighted by molar-refractivity contribution is -0.0505. The van der Waals surface area contributed by atoms with Crippen molar-refractivity contribution in [3.05, 3.63) is 239 Å². The van der Waals surface area contributed by atoms with Crippen LogP contribution in [0, 0.1) is 76.2 Å². The molecule has 0 radical (unpaired) electrons. The summed E-state index contributed by atoms with van der Waals surface area (Å²) in [6, 6.07) is 47.5. The Labute approximate surface area is 500 Å². The average molecular weight is 1110 g/mol. The molecule has 0 saturated carbocycles. The van der Waals surface area contributed by atoms with E-state index in [-0.39, 0.29) is 21.7 Å². The third-order valence-electron chi connectivity index (χ3n) is 14.2. The molecule has 0 aliphatic carbocycles. The number of ether oxygens (including phenoxy) is 1. The molecule has 0 saturated heterocycles. The lowest BCUT2D eigenvalue weighted by Crippen LogP contribution is -2.05. The second-order valence-corrected chi connectivity index (χ2v) is 24.4. The predicted octanol–water partition coefficient (Wildman–Crippen LogP) is 25.9. The van der Waals surface area contributed by atoms with Gasteiger partial charge in [0.2, 0.25) is 0 Å². The maximum Gasteiger partial charge on any atom is 0.387 e. The van der Waals surface area contributed by atoms with Crippen LogP contribution in [0.1, 0.15) is 261 Å². The monoisotopic (exact) mass is 1110 g/mol. The largest absolute Gasteiger partial charge is 0.435 e. The van der Waals surface area contributed by atoms with Gasteiger partial charge in [0.15, 0.2) is 0 Å². The molecule has 0 amide bonds. The molecule has 80 heavy (non-hydrogen) atoms. The predicted molar refractivity (Wildman–Crippen MR) is 367 cm³/mol. The third kappa shape index (κ3) is 27.1. The van der Waals surface area contributed by atoms with E-state index >= 15 is 0 Å². The number of benzene rings is 7. The van der Waals surface area contributed by atoms with Crippen molar-refractivity contribution in [1.82, 2.24) is 0 Å². The molecule has 0 N–H and O–H groups in total. The van der Waals surface area contributed by atoms with Gasteiger partial charge in [-0.1, -0.05) is 265 Å². The average Bonchev–Trinajstić information content (AvgIpc) is 3.34. The van der Waals surface area contributed by atoms with Crippen LogP contribution in [0.15, 0.2) is 133 Å². The SMILES string of the molecule is CCc1cc(C)ccc1C(C)C.Cc1ccc(C(C)C)c(C)c1.Cc1ccc(C(C)C)c(C)c1.Cc1ccc(C(C)C)c(C)c1.Cc1ccc(C(C)C)c(C)c1.Cc1ccc(C(C)C)c(OC(F)F)c1.Cc1ccc(C(C)C)cc1.[2HH].[2HH].[2HH].[2HH].[2HH].[2HH].[2HH]. The molecule has 0 unspecified atom stereocenters. The molecular weight excluding hydrogens is 979 g/mol. The van der Waals surface area contributed by atoms with Crippen LogP contribution >= 0.6 is 0 Å². The van der Waals surface area contributed by atoms with Crippen LogP contribution in [0.5, 0.6) is 5.75 Å². The van der Waals surface area contributed by atoms with Crippen molar-refractivity contribution in [1.29, 1.82) is 0 Å². The first-order valence-electron chi connectivity index (χ1n) is 29.8. The van der Waals surface area contributed by atoms with Gasteiger partial charge in [0, 0.05) is 9.99 Å². The lowest BCUT2D eigenvalue weighted by atomic mass is 9.94. The van der Waals surface area contributed by atoms with E-state index in [0.29, 0.717) is 35.5 Å². The summed E-state index contributed by atoms with van der Waals surface area (Å²) < 4.78 is 28.6. The van der Waals surface area contributed by atoms with Crippen molar-refractivity contribution >= 4 is 0 Å². The quantitative estimate of drug-likeness (QED) is 0.133. The minimum atomic E-state index is -2.76. The zero-order valence-corrected chi connectivity index (χ0v) is 55.2. The van der Waals surface area contributed by atoms with Crippen LogP contribution in [0.2, 0.25) is 0 Å². The number of hydrogen-bond acceptors (Lipinski definition) is 1. The molecule has 0 bridgehead atoms. The number of aryl methyl sites for hydroxylation is 12. The van der Waals surface area contributed by atoms with E-state index in [1.165, 1.54) is 94.6 Å². The Morgan fingerprint density at radius 1 is 0.300 bits per heavy atom. The minimum Gasteiger partial charge on any atom is -0.435 e. The standard InChI is InChI=1S/C12H18.C11H14F2O.4C11H16.C10H14.7H2/c1-5-11-8-10(4)6-7-12(11)9(2)3;1-7(2)9-5-4-8(3)6-10(9)14-11(12)13;4*1-8(2)11-6-5-9(3)7-10(11)4;1-8(2)10-6-4-9(3)5-7-10;;;;;;;/h6-9H,5H2,1-4H3;4-7,11H,1-3H3;4*5-8H,1-4H3;4-8H,1-3H3;7*1H/i;;;;;;;7*1+1. The summed E-state index contributed by atoms with van der Waals surface area (Å²) >= 11 is 0. The van der Waals surface area contributed by atoms with Gasteiger partial charge in [-0.15, -0.1) is 0 Å². The van der Waals surface area contributed by atoms with E-state index in [1.54, 1.807) is 6.07 Å². The van der Waals surface area contributed by atoms with Gasteiger partial charge in [-0.05, 0) is 202 Å². The fraction of sp³-hybridized carbons (Fsp3) is 0.455. The molecule has 0 atom stereocenters. The minimum absolute atomic E-state index is 0. The molecule has 0 fully saturated rings. The zero-order chi connectivity index (χ0) is 61.1. The molecule has 0 aliphatic rings. The summed E-state index contributed by atoms with van der Waals surface area (Å²) in [4.78, 5) is 0. The fourth-order valence-electron chi connectivity index (χ4n) is 9.77. The van der Waals surface area contributed by atoms with Gasteiger partial charge < -0.3 is 4.74 Å². The van der Waals surface area contributed by atoms with E-state index in [2.05, 4.69) is 279 Å². The Morgan fingerprint density at radius 2 is 0.550 bits per heavy atom. The van der Waals surface area contributed by atoms with Gasteiger partial charge in [0.25, 0.3) is 0 Å². The number of hydrogen-bond donors (Lipinski definition) is 0. The maximum atomic E-state index is 12.1. The Bertz CT molecular complexity index is 2670. The molecule has 7 aromatic rings. The summed E-state index contributed by atoms with van der Waals surface area (Å²) in [6.07, 6.45) is 1.15. The highest BCUT2D eigenvalue weighted by atomic mass is 19.3. The second-order valence-electron chi connectivity index (χ2n) is 24.4. The summed E-state index contributed by atoms with van der Waals surface area (Å²) in [5.41, 5.74) is 25.8. The molecule has 0 spiro atoms. The number of alkyl halides is 2. The van der Waals surface area contributed by atoms with Crippen molar-refractivity contribution in [2.75, 3.05) is 0 Å². The zero-order valence-electron chi connectivity index (χ0n) is 55.2. The van der Waals surface area contributed by atoms with E-state index in [9.17, 15) is 8.78 Å². The molecule has 0 aliphatic heterocycles. The van der Waals surface area contributed by atoms with Crippen molar-refractivity contribution in [2.24, 2.45) is 0 Å². The topological polar surface area (TPSA) is 9.23 Å². The Morgan fingerprint density at radius 3 is 0.800 bits per heavy atom. The first kappa shape index (κ1) is 72.2. The molecule has 0 heterocycles. The van der Waals surface area contributed by atoms with Gasteiger partial charge in [0.1, 0.15) is 5.75 Å². The Balaban J connectivity index is -0.000000170. The Hall–Kier alpha value is -5.80. The second kappa shape index (κ2) is 36.5. The van der Waals surface area contributed by atoms with Crippen LogP contribution in [-0.2, 0) is 6.42 Å². The molecule has 7 rings (SSSR count). The highest BCUT2D eigenvalue weighted by Gasteiger charge is 2.12. The smallest absolute Gasteiger partial charge is 0.387 e. The van der Waals surface area contributed by atoms with Gasteiger partial charge in [-0.2, -0.15) is 8.78 Å². The van der Waals surface area contributed by atoms with E-state index in [1.807, 2.05) is 32.9 Å². The van der Waals surface area contributed by atoms with Crippen molar-refractivity contribution in [3.63, 3.8) is 0 Å². The fourth-order valence-corrected chi connectivity index (χ4v) is 9.77. The maximum absolute atomic E-state index is 12.1. The normalized spacial score (nSPS) is 10.7. The van der Waals surface area contributed by atoms with Gasteiger partial charge in [-0.3, -0.25) is 0 Å². The number of rotatable bonds is 10. The number of halogens is 2. The van der Waals surface area contributed by atoms with E-state index in [4.69, 9.17) is 0 Å². The summed E-state index contributed by atoms with van der Waals surface area (Å²) in [7, 11) is 0. The summed E-state index contributed by atoms with van der Waals surface area (Å²) in [6.45, 7) is 53.6. The van der Waals surface area contributed by atoms with Gasteiger partial charge in [-0.25, -0.2) is 0 Å². The van der Waals surface area contributed by atoms with Crippen molar-refractivity contribution in [2.45, 2.75) is 234 Å². The molecule has 0 aromatic heterocycles. The third-order valence-corrected chi connectivity index (χ3v) is 14.2. The van der Waals surface area contributed by atoms with E-state index in [0.717, 1.165) is 17.5 Å². The lowest BCUT2D eigenvalue weighted by Gasteiger charge is -2.13. The molecule has 3 heteroatoms. The van der Waals surface area contributed by atoms with Crippen LogP contribution in [0.25, 0.3) is 0 Å². The van der Waals surface area contributed by atoms with Crippen LogP contribution in [0.3, 0.4) is 0 Å². The molecule has 1 nitrogen and oxygen atoms in total. The van der Waals surface area contributed by atoms with Crippen LogP contribution in [-0.4, -0.2) is 6.61 Å². The van der Waals surface area contributed by atoms with Gasteiger partial charge in [0.05, 0.1) is 0 Å². The highest BCUT2D eigenvalue weighted by Crippen LogP contribution is 2.29. The first-order chi connectivity index (χ1) is 37.3. The summed E-state index contributed by atoms with van der Waals surface area (Å²) in [5, 5.41) is 0. The van der Waals surface area contributed by atoms with Crippen molar-refractivity contribution in [3.8, 4) is 5.75 Å². The molecule has 7 aromatic carbocycles.